The van der Waals surface area contributed by atoms with Crippen LogP contribution in [0.3, 0.4) is 0 Å². The van der Waals surface area contributed by atoms with Crippen LogP contribution in [0.2, 0.25) is 0 Å². The summed E-state index contributed by atoms with van der Waals surface area (Å²) in [5, 5.41) is 4.36. The lowest BCUT2D eigenvalue weighted by Crippen LogP contribution is -2.32. The van der Waals surface area contributed by atoms with Crippen molar-refractivity contribution in [3.63, 3.8) is 0 Å². The predicted octanol–water partition coefficient (Wildman–Crippen LogP) is 0.958. The summed E-state index contributed by atoms with van der Waals surface area (Å²) in [6.07, 6.45) is 2.26. The number of hydrogen-bond donors (Lipinski definition) is 1. The van der Waals surface area contributed by atoms with Crippen molar-refractivity contribution in [1.82, 2.24) is 0 Å². The van der Waals surface area contributed by atoms with E-state index < -0.39 is 15.3 Å². The number of carbonyl (C=O) groups excluding carboxylic acids is 1. The average molecular weight is 280 g/mol. The van der Waals surface area contributed by atoms with Crippen LogP contribution in [0.5, 0.6) is 0 Å². The summed E-state index contributed by atoms with van der Waals surface area (Å²) in [6, 6.07) is 7.73. The van der Waals surface area contributed by atoms with E-state index in [4.69, 9.17) is 5.14 Å². The molecule has 1 unspecified atom stereocenters. The Bertz CT molecular complexity index is 623. The van der Waals surface area contributed by atoms with Crippen molar-refractivity contribution in [3.8, 4) is 0 Å². The second-order valence-electron chi connectivity index (χ2n) is 5.25. The van der Waals surface area contributed by atoms with Gasteiger partial charge in [0, 0.05) is 18.7 Å². The van der Waals surface area contributed by atoms with Crippen LogP contribution in [0.1, 0.15) is 30.7 Å². The van der Waals surface area contributed by atoms with E-state index in [9.17, 15) is 13.2 Å². The van der Waals surface area contributed by atoms with Gasteiger partial charge in [-0.05, 0) is 30.4 Å². The van der Waals surface area contributed by atoms with Crippen molar-refractivity contribution in [2.75, 3.05) is 11.4 Å². The molecule has 3 rings (SSSR count). The lowest BCUT2D eigenvalue weighted by atomic mass is 10.1. The Labute approximate surface area is 112 Å². The molecule has 1 atom stereocenters. The minimum Gasteiger partial charge on any atom is -0.311 e. The molecule has 1 saturated heterocycles. The van der Waals surface area contributed by atoms with Gasteiger partial charge < -0.3 is 4.90 Å². The Morgan fingerprint density at radius 1 is 1.21 bits per heavy atom. The van der Waals surface area contributed by atoms with Gasteiger partial charge in [-0.15, -0.1) is 0 Å². The summed E-state index contributed by atoms with van der Waals surface area (Å²) in [5.41, 5.74) is 1.99. The standard InChI is InChI=1S/C13H16N2O3S/c14-19(17,18)10-7-13(16)15(8-10)12-4-2-1-3-11(12)9-5-6-9/h1-4,9-10H,5-8H2,(H2,14,17,18). The minimum absolute atomic E-state index is 0.0160. The van der Waals surface area contributed by atoms with E-state index in [2.05, 4.69) is 0 Å². The number of benzene rings is 1. The van der Waals surface area contributed by atoms with Gasteiger partial charge in [0.05, 0.1) is 0 Å². The Morgan fingerprint density at radius 2 is 1.89 bits per heavy atom. The number of nitrogens with zero attached hydrogens (tertiary/aromatic N) is 1. The Kier molecular flexibility index (Phi) is 2.87. The number of sulfonamides is 1. The average Bonchev–Trinajstić information content (AvgIpc) is 3.11. The van der Waals surface area contributed by atoms with Gasteiger partial charge in [-0.2, -0.15) is 0 Å². The molecule has 1 aromatic rings. The minimum atomic E-state index is -3.66. The smallest absolute Gasteiger partial charge is 0.228 e. The summed E-state index contributed by atoms with van der Waals surface area (Å²) in [5.74, 6) is 0.352. The molecule has 19 heavy (non-hydrogen) atoms. The van der Waals surface area contributed by atoms with Crippen LogP contribution in [0.4, 0.5) is 5.69 Å². The van der Waals surface area contributed by atoms with Gasteiger partial charge in [-0.25, -0.2) is 13.6 Å². The first-order chi connectivity index (χ1) is 8.97. The first-order valence-electron chi connectivity index (χ1n) is 6.37. The zero-order chi connectivity index (χ0) is 13.6. The van der Waals surface area contributed by atoms with E-state index in [0.717, 1.165) is 24.1 Å². The van der Waals surface area contributed by atoms with Crippen LogP contribution >= 0.6 is 0 Å². The third kappa shape index (κ3) is 2.37. The highest BCUT2D eigenvalue weighted by Crippen LogP contribution is 2.45. The van der Waals surface area contributed by atoms with Gasteiger partial charge in [-0.3, -0.25) is 4.79 Å². The summed E-state index contributed by atoms with van der Waals surface area (Å²) in [6.45, 7) is 0.168. The summed E-state index contributed by atoms with van der Waals surface area (Å²) in [7, 11) is -3.66. The number of hydrogen-bond acceptors (Lipinski definition) is 3. The Hall–Kier alpha value is -1.40. The first-order valence-corrected chi connectivity index (χ1v) is 7.98. The number of amides is 1. The highest BCUT2D eigenvalue weighted by atomic mass is 32.2. The molecule has 1 saturated carbocycles. The Balaban J connectivity index is 1.93. The van der Waals surface area contributed by atoms with E-state index in [0.29, 0.717) is 5.92 Å². The Morgan fingerprint density at radius 3 is 2.47 bits per heavy atom. The van der Waals surface area contributed by atoms with E-state index in [1.165, 1.54) is 0 Å². The number of nitrogens with two attached hydrogens (primary N) is 1. The predicted molar refractivity (Wildman–Crippen MR) is 72.3 cm³/mol. The maximum absolute atomic E-state index is 12.0. The fraction of sp³-hybridized carbons (Fsp3) is 0.462. The molecule has 5 nitrogen and oxygen atoms in total. The van der Waals surface area contributed by atoms with Crippen LogP contribution in [-0.2, 0) is 14.8 Å². The molecular weight excluding hydrogens is 264 g/mol. The van der Waals surface area contributed by atoms with Crippen LogP contribution < -0.4 is 10.0 Å². The van der Waals surface area contributed by atoms with E-state index in [1.807, 2.05) is 24.3 Å². The molecule has 1 aromatic carbocycles. The van der Waals surface area contributed by atoms with Crippen molar-refractivity contribution in [1.29, 1.82) is 0 Å². The topological polar surface area (TPSA) is 80.5 Å². The first kappa shape index (κ1) is 12.6. The molecule has 0 bridgehead atoms. The van der Waals surface area contributed by atoms with Crippen molar-refractivity contribution in [3.05, 3.63) is 29.8 Å². The van der Waals surface area contributed by atoms with Gasteiger partial charge in [0.25, 0.3) is 0 Å². The molecule has 1 amide bonds. The summed E-state index contributed by atoms with van der Waals surface area (Å²) < 4.78 is 22.8. The van der Waals surface area contributed by atoms with Crippen LogP contribution in [0.25, 0.3) is 0 Å². The molecule has 0 spiro atoms. The molecule has 2 N–H and O–H groups in total. The molecule has 1 aliphatic carbocycles. The summed E-state index contributed by atoms with van der Waals surface area (Å²) in [4.78, 5) is 13.6. The maximum atomic E-state index is 12.0. The SMILES string of the molecule is NS(=O)(=O)C1CC(=O)N(c2ccccc2C2CC2)C1. The zero-order valence-electron chi connectivity index (χ0n) is 10.5. The second kappa shape index (κ2) is 4.31. The number of rotatable bonds is 3. The van der Waals surface area contributed by atoms with E-state index in [1.54, 1.807) is 4.90 Å². The monoisotopic (exact) mass is 280 g/mol. The normalized spacial score (nSPS) is 23.9. The molecular formula is C13H16N2O3S. The molecule has 102 valence electrons. The fourth-order valence-corrected chi connectivity index (χ4v) is 3.33. The van der Waals surface area contributed by atoms with Crippen molar-refractivity contribution in [2.45, 2.75) is 30.4 Å². The van der Waals surface area contributed by atoms with Crippen LogP contribution in [0.15, 0.2) is 24.3 Å². The van der Waals surface area contributed by atoms with E-state index in [-0.39, 0.29) is 18.9 Å². The second-order valence-corrected chi connectivity index (χ2v) is 7.10. The largest absolute Gasteiger partial charge is 0.311 e. The van der Waals surface area contributed by atoms with Gasteiger partial charge in [0.1, 0.15) is 5.25 Å². The third-order valence-corrected chi connectivity index (χ3v) is 5.04. The van der Waals surface area contributed by atoms with Crippen LogP contribution in [0, 0.1) is 0 Å². The van der Waals surface area contributed by atoms with Gasteiger partial charge in [0.15, 0.2) is 0 Å². The third-order valence-electron chi connectivity index (χ3n) is 3.80. The highest BCUT2D eigenvalue weighted by molar-refractivity contribution is 7.89. The van der Waals surface area contributed by atoms with Crippen molar-refractivity contribution < 1.29 is 13.2 Å². The maximum Gasteiger partial charge on any atom is 0.228 e. The van der Waals surface area contributed by atoms with Crippen LogP contribution in [-0.4, -0.2) is 26.1 Å². The molecule has 0 aromatic heterocycles. The number of primary sulfonamides is 1. The molecule has 0 radical (unpaired) electrons. The van der Waals surface area contributed by atoms with E-state index >= 15 is 0 Å². The number of para-hydroxylation sites is 1. The van der Waals surface area contributed by atoms with Gasteiger partial charge >= 0.3 is 0 Å². The fourth-order valence-electron chi connectivity index (χ4n) is 2.60. The lowest BCUT2D eigenvalue weighted by Gasteiger charge is -2.20. The number of carbonyl (C=O) groups is 1. The molecule has 6 heteroatoms. The molecule has 2 aliphatic rings. The van der Waals surface area contributed by atoms with Gasteiger partial charge in [0.2, 0.25) is 15.9 Å². The quantitative estimate of drug-likeness (QED) is 0.895. The number of anilines is 1. The van der Waals surface area contributed by atoms with Crippen molar-refractivity contribution in [2.24, 2.45) is 5.14 Å². The lowest BCUT2D eigenvalue weighted by molar-refractivity contribution is -0.117. The molecule has 2 fully saturated rings. The summed E-state index contributed by atoms with van der Waals surface area (Å²) >= 11 is 0. The van der Waals surface area contributed by atoms with Gasteiger partial charge in [-0.1, -0.05) is 18.2 Å². The molecule has 1 aliphatic heterocycles. The zero-order valence-corrected chi connectivity index (χ0v) is 11.3. The molecule has 1 heterocycles. The van der Waals surface area contributed by atoms with Crippen molar-refractivity contribution >= 4 is 21.6 Å². The highest BCUT2D eigenvalue weighted by Gasteiger charge is 2.39.